The van der Waals surface area contributed by atoms with Crippen molar-refractivity contribution in [3.05, 3.63) is 0 Å². The van der Waals surface area contributed by atoms with Crippen LogP contribution >= 0.6 is 11.8 Å². The quantitative estimate of drug-likeness (QED) is 0.739. The van der Waals surface area contributed by atoms with Crippen molar-refractivity contribution < 1.29 is 5.11 Å². The molecule has 0 radical (unpaired) electrons. The minimum absolute atomic E-state index is 0.0541. The Morgan fingerprint density at radius 3 is 2.57 bits per heavy atom. The van der Waals surface area contributed by atoms with Crippen LogP contribution in [0.5, 0.6) is 0 Å². The zero-order chi connectivity index (χ0) is 10.4. The highest BCUT2D eigenvalue weighted by atomic mass is 32.2. The zero-order valence-corrected chi connectivity index (χ0v) is 10.2. The number of rotatable bonds is 5. The van der Waals surface area contributed by atoms with Crippen molar-refractivity contribution in [2.75, 3.05) is 18.1 Å². The topological polar surface area (TPSA) is 32.3 Å². The third-order valence-corrected chi connectivity index (χ3v) is 3.97. The Morgan fingerprint density at radius 1 is 1.43 bits per heavy atom. The summed E-state index contributed by atoms with van der Waals surface area (Å²) in [6.45, 7) is 4.56. The summed E-state index contributed by atoms with van der Waals surface area (Å²) >= 11 is 2.04. The molecule has 84 valence electrons. The van der Waals surface area contributed by atoms with E-state index in [1.807, 2.05) is 11.8 Å². The summed E-state index contributed by atoms with van der Waals surface area (Å²) in [5.41, 5.74) is -0.0541. The first-order valence-corrected chi connectivity index (χ1v) is 6.82. The van der Waals surface area contributed by atoms with E-state index in [-0.39, 0.29) is 12.1 Å². The van der Waals surface area contributed by atoms with Crippen molar-refractivity contribution in [3.8, 4) is 0 Å². The van der Waals surface area contributed by atoms with Gasteiger partial charge in [-0.2, -0.15) is 11.8 Å². The number of hydrogen-bond acceptors (Lipinski definition) is 3. The molecular formula is C11H23NOS. The molecule has 0 bridgehead atoms. The molecule has 0 aromatic rings. The lowest BCUT2D eigenvalue weighted by atomic mass is 9.95. The Morgan fingerprint density at radius 2 is 2.07 bits per heavy atom. The van der Waals surface area contributed by atoms with Crippen molar-refractivity contribution in [3.63, 3.8) is 0 Å². The van der Waals surface area contributed by atoms with E-state index in [2.05, 4.69) is 19.2 Å². The molecular weight excluding hydrogens is 194 g/mol. The Bertz CT molecular complexity index is 159. The van der Waals surface area contributed by atoms with Gasteiger partial charge in [0.15, 0.2) is 0 Å². The molecule has 1 atom stereocenters. The fourth-order valence-corrected chi connectivity index (χ4v) is 3.19. The van der Waals surface area contributed by atoms with Gasteiger partial charge in [0.2, 0.25) is 0 Å². The van der Waals surface area contributed by atoms with Crippen LogP contribution in [-0.2, 0) is 0 Å². The summed E-state index contributed by atoms with van der Waals surface area (Å²) in [6.07, 6.45) is 4.70. The first-order chi connectivity index (χ1) is 6.70. The van der Waals surface area contributed by atoms with Crippen molar-refractivity contribution >= 4 is 11.8 Å². The van der Waals surface area contributed by atoms with Crippen LogP contribution < -0.4 is 5.32 Å². The molecule has 14 heavy (non-hydrogen) atoms. The predicted molar refractivity (Wildman–Crippen MR) is 63.9 cm³/mol. The van der Waals surface area contributed by atoms with Gasteiger partial charge in [0, 0.05) is 11.6 Å². The van der Waals surface area contributed by atoms with Gasteiger partial charge in [-0.05, 0) is 37.7 Å². The Hall–Kier alpha value is 0.270. The largest absolute Gasteiger partial charge is 0.394 e. The van der Waals surface area contributed by atoms with Crippen LogP contribution in [0.2, 0.25) is 0 Å². The van der Waals surface area contributed by atoms with Crippen LogP contribution in [0.1, 0.15) is 39.5 Å². The van der Waals surface area contributed by atoms with Crippen LogP contribution in [0.15, 0.2) is 0 Å². The first-order valence-electron chi connectivity index (χ1n) is 5.66. The maximum Gasteiger partial charge on any atom is 0.0610 e. The van der Waals surface area contributed by atoms with E-state index < -0.39 is 0 Å². The van der Waals surface area contributed by atoms with Gasteiger partial charge in [-0.15, -0.1) is 0 Å². The molecule has 1 fully saturated rings. The molecule has 0 spiro atoms. The van der Waals surface area contributed by atoms with Crippen molar-refractivity contribution in [2.24, 2.45) is 0 Å². The summed E-state index contributed by atoms with van der Waals surface area (Å²) < 4.78 is 0. The molecule has 1 aliphatic rings. The van der Waals surface area contributed by atoms with Gasteiger partial charge in [-0.25, -0.2) is 0 Å². The Kier molecular flexibility index (Phi) is 5.28. The summed E-state index contributed by atoms with van der Waals surface area (Å²) in [7, 11) is 0. The van der Waals surface area contributed by atoms with Crippen LogP contribution in [-0.4, -0.2) is 34.8 Å². The lowest BCUT2D eigenvalue weighted by Crippen LogP contribution is -2.51. The monoisotopic (exact) mass is 217 g/mol. The third-order valence-electron chi connectivity index (χ3n) is 2.92. The molecule has 2 N–H and O–H groups in total. The van der Waals surface area contributed by atoms with Gasteiger partial charge in [0.1, 0.15) is 0 Å². The molecule has 3 heteroatoms. The molecule has 1 unspecified atom stereocenters. The van der Waals surface area contributed by atoms with E-state index in [4.69, 9.17) is 0 Å². The standard InChI is InChI=1S/C11H23NOS/c1-3-6-11(2,9-13)12-10-4-7-14-8-5-10/h10,12-13H,3-9H2,1-2H3. The zero-order valence-electron chi connectivity index (χ0n) is 9.38. The average molecular weight is 217 g/mol. The summed E-state index contributed by atoms with van der Waals surface area (Å²) in [6, 6.07) is 0.625. The first kappa shape index (κ1) is 12.3. The van der Waals surface area contributed by atoms with E-state index in [0.29, 0.717) is 6.04 Å². The van der Waals surface area contributed by atoms with E-state index in [1.165, 1.54) is 24.3 Å². The lowest BCUT2D eigenvalue weighted by molar-refractivity contribution is 0.149. The molecule has 0 aromatic heterocycles. The van der Waals surface area contributed by atoms with E-state index in [9.17, 15) is 5.11 Å². The van der Waals surface area contributed by atoms with E-state index >= 15 is 0 Å². The number of nitrogens with one attached hydrogen (secondary N) is 1. The molecule has 0 aromatic carbocycles. The van der Waals surface area contributed by atoms with Crippen molar-refractivity contribution in [2.45, 2.75) is 51.1 Å². The average Bonchev–Trinajstić information content (AvgIpc) is 2.20. The van der Waals surface area contributed by atoms with Gasteiger partial charge in [0.25, 0.3) is 0 Å². The fraction of sp³-hybridized carbons (Fsp3) is 1.00. The van der Waals surface area contributed by atoms with Gasteiger partial charge >= 0.3 is 0 Å². The summed E-state index contributed by atoms with van der Waals surface area (Å²) in [5.74, 6) is 2.54. The SMILES string of the molecule is CCCC(C)(CO)NC1CCSCC1. The third kappa shape index (κ3) is 3.79. The highest BCUT2D eigenvalue weighted by molar-refractivity contribution is 7.99. The number of aliphatic hydroxyl groups is 1. The number of aliphatic hydroxyl groups excluding tert-OH is 1. The molecule has 0 aliphatic carbocycles. The van der Waals surface area contributed by atoms with E-state index in [0.717, 1.165) is 12.8 Å². The Labute approximate surface area is 91.9 Å². The minimum Gasteiger partial charge on any atom is -0.394 e. The fourth-order valence-electron chi connectivity index (χ4n) is 2.08. The van der Waals surface area contributed by atoms with Crippen LogP contribution in [0.3, 0.4) is 0 Å². The second kappa shape index (κ2) is 5.99. The second-order valence-corrected chi connectivity index (χ2v) is 5.72. The number of hydrogen-bond donors (Lipinski definition) is 2. The van der Waals surface area contributed by atoms with Crippen LogP contribution in [0.4, 0.5) is 0 Å². The summed E-state index contributed by atoms with van der Waals surface area (Å²) in [4.78, 5) is 0. The molecule has 0 amide bonds. The summed E-state index contributed by atoms with van der Waals surface area (Å²) in [5, 5.41) is 13.0. The minimum atomic E-state index is -0.0541. The molecule has 1 rings (SSSR count). The molecule has 1 saturated heterocycles. The maximum absolute atomic E-state index is 9.38. The number of thioether (sulfide) groups is 1. The molecule has 2 nitrogen and oxygen atoms in total. The second-order valence-electron chi connectivity index (χ2n) is 4.50. The van der Waals surface area contributed by atoms with Gasteiger partial charge in [0.05, 0.1) is 6.61 Å². The van der Waals surface area contributed by atoms with Gasteiger partial charge in [-0.3, -0.25) is 0 Å². The molecule has 1 heterocycles. The Balaban J connectivity index is 2.37. The van der Waals surface area contributed by atoms with Crippen LogP contribution in [0.25, 0.3) is 0 Å². The molecule has 1 aliphatic heterocycles. The normalized spacial score (nSPS) is 23.4. The maximum atomic E-state index is 9.38. The van der Waals surface area contributed by atoms with Crippen molar-refractivity contribution in [1.82, 2.24) is 5.32 Å². The van der Waals surface area contributed by atoms with Gasteiger partial charge in [-0.1, -0.05) is 13.3 Å². The highest BCUT2D eigenvalue weighted by Crippen LogP contribution is 2.21. The molecule has 0 saturated carbocycles. The predicted octanol–water partition coefficient (Wildman–Crippen LogP) is 2.02. The smallest absolute Gasteiger partial charge is 0.0610 e. The van der Waals surface area contributed by atoms with Gasteiger partial charge < -0.3 is 10.4 Å². The van der Waals surface area contributed by atoms with E-state index in [1.54, 1.807) is 0 Å². The highest BCUT2D eigenvalue weighted by Gasteiger charge is 2.26. The lowest BCUT2D eigenvalue weighted by Gasteiger charge is -2.35. The van der Waals surface area contributed by atoms with Crippen LogP contribution in [0, 0.1) is 0 Å². The van der Waals surface area contributed by atoms with Crippen molar-refractivity contribution in [1.29, 1.82) is 0 Å².